The highest BCUT2D eigenvalue weighted by Crippen LogP contribution is 2.31. The summed E-state index contributed by atoms with van der Waals surface area (Å²) in [5.74, 6) is 2.85. The summed E-state index contributed by atoms with van der Waals surface area (Å²) in [4.78, 5) is 9.07. The molecule has 1 saturated carbocycles. The van der Waals surface area contributed by atoms with Gasteiger partial charge >= 0.3 is 0 Å². The van der Waals surface area contributed by atoms with Crippen molar-refractivity contribution in [3.63, 3.8) is 0 Å². The molecule has 1 fully saturated rings. The van der Waals surface area contributed by atoms with Crippen molar-refractivity contribution < 1.29 is 0 Å². The first kappa shape index (κ1) is 13.7. The lowest BCUT2D eigenvalue weighted by Crippen LogP contribution is -2.08. The molecular weight excluding hydrogens is 242 g/mol. The van der Waals surface area contributed by atoms with Crippen LogP contribution in [0.4, 0.5) is 5.82 Å². The molecule has 2 rings (SSSR count). The van der Waals surface area contributed by atoms with E-state index in [9.17, 15) is 0 Å². The van der Waals surface area contributed by atoms with E-state index in [0.29, 0.717) is 11.7 Å². The Morgan fingerprint density at radius 1 is 1.28 bits per heavy atom. The van der Waals surface area contributed by atoms with Crippen molar-refractivity contribution >= 4 is 17.6 Å². The number of nitrogen functional groups attached to an aromatic ring is 1. The summed E-state index contributed by atoms with van der Waals surface area (Å²) in [7, 11) is 0. The topological polar surface area (TPSA) is 51.8 Å². The highest BCUT2D eigenvalue weighted by molar-refractivity contribution is 7.99. The van der Waals surface area contributed by atoms with Crippen LogP contribution in [-0.2, 0) is 5.75 Å². The van der Waals surface area contributed by atoms with Gasteiger partial charge in [-0.3, -0.25) is 0 Å². The van der Waals surface area contributed by atoms with Crippen LogP contribution >= 0.6 is 11.8 Å². The SMILES string of the molecule is Cc1nc(CSC2CCCC2)nc(N)c1C(C)C. The Morgan fingerprint density at radius 3 is 2.50 bits per heavy atom. The van der Waals surface area contributed by atoms with Crippen molar-refractivity contribution in [2.24, 2.45) is 0 Å². The third-order valence-electron chi connectivity index (χ3n) is 3.54. The van der Waals surface area contributed by atoms with E-state index >= 15 is 0 Å². The smallest absolute Gasteiger partial charge is 0.140 e. The molecular formula is C14H23N3S. The number of nitrogens with two attached hydrogens (primary N) is 1. The first-order valence-electron chi connectivity index (χ1n) is 6.82. The molecule has 2 N–H and O–H groups in total. The van der Waals surface area contributed by atoms with Gasteiger partial charge in [0.1, 0.15) is 11.6 Å². The van der Waals surface area contributed by atoms with Crippen LogP contribution in [0.1, 0.15) is 62.5 Å². The fraction of sp³-hybridized carbons (Fsp3) is 0.714. The molecule has 0 amide bonds. The van der Waals surface area contributed by atoms with Crippen LogP contribution in [0.5, 0.6) is 0 Å². The van der Waals surface area contributed by atoms with Crippen molar-refractivity contribution in [1.29, 1.82) is 0 Å². The van der Waals surface area contributed by atoms with E-state index in [2.05, 4.69) is 23.8 Å². The van der Waals surface area contributed by atoms with E-state index in [-0.39, 0.29) is 0 Å². The number of hydrogen-bond donors (Lipinski definition) is 1. The molecule has 100 valence electrons. The number of nitrogens with zero attached hydrogens (tertiary/aromatic N) is 2. The number of hydrogen-bond acceptors (Lipinski definition) is 4. The van der Waals surface area contributed by atoms with Crippen LogP contribution in [0, 0.1) is 6.92 Å². The number of rotatable bonds is 4. The summed E-state index contributed by atoms with van der Waals surface area (Å²) in [5, 5.41) is 0.805. The second-order valence-corrected chi connectivity index (χ2v) is 6.69. The zero-order chi connectivity index (χ0) is 13.1. The quantitative estimate of drug-likeness (QED) is 0.902. The van der Waals surface area contributed by atoms with Crippen molar-refractivity contribution in [3.05, 3.63) is 17.1 Å². The summed E-state index contributed by atoms with van der Waals surface area (Å²) in [6.45, 7) is 6.31. The highest BCUT2D eigenvalue weighted by Gasteiger charge is 2.17. The molecule has 0 aliphatic heterocycles. The zero-order valence-electron chi connectivity index (χ0n) is 11.6. The molecule has 0 aromatic carbocycles. The first-order chi connectivity index (χ1) is 8.58. The predicted molar refractivity (Wildman–Crippen MR) is 78.8 cm³/mol. The van der Waals surface area contributed by atoms with E-state index < -0.39 is 0 Å². The van der Waals surface area contributed by atoms with Crippen LogP contribution in [0.25, 0.3) is 0 Å². The van der Waals surface area contributed by atoms with Crippen molar-refractivity contribution in [1.82, 2.24) is 9.97 Å². The van der Waals surface area contributed by atoms with Gasteiger partial charge in [0.2, 0.25) is 0 Å². The number of aromatic nitrogens is 2. The maximum atomic E-state index is 6.05. The van der Waals surface area contributed by atoms with E-state index in [1.54, 1.807) is 0 Å². The summed E-state index contributed by atoms with van der Waals surface area (Å²) < 4.78 is 0. The molecule has 0 radical (unpaired) electrons. The largest absolute Gasteiger partial charge is 0.383 e. The molecule has 0 unspecified atom stereocenters. The minimum Gasteiger partial charge on any atom is -0.383 e. The Labute approximate surface area is 114 Å². The van der Waals surface area contributed by atoms with Crippen LogP contribution < -0.4 is 5.73 Å². The van der Waals surface area contributed by atoms with Gasteiger partial charge in [0.05, 0.1) is 5.75 Å². The Hall–Kier alpha value is -0.770. The van der Waals surface area contributed by atoms with Gasteiger partial charge in [0.25, 0.3) is 0 Å². The second kappa shape index (κ2) is 5.91. The molecule has 1 aliphatic carbocycles. The molecule has 0 saturated heterocycles. The lowest BCUT2D eigenvalue weighted by atomic mass is 10.0. The van der Waals surface area contributed by atoms with Crippen molar-refractivity contribution in [2.75, 3.05) is 5.73 Å². The van der Waals surface area contributed by atoms with Gasteiger partial charge in [-0.2, -0.15) is 11.8 Å². The van der Waals surface area contributed by atoms with E-state index in [1.807, 2.05) is 18.7 Å². The number of anilines is 1. The summed E-state index contributed by atoms with van der Waals surface area (Å²) in [6.07, 6.45) is 5.46. The fourth-order valence-electron chi connectivity index (χ4n) is 2.69. The number of aryl methyl sites for hydroxylation is 1. The number of thioether (sulfide) groups is 1. The van der Waals surface area contributed by atoms with Gasteiger partial charge < -0.3 is 5.73 Å². The fourth-order valence-corrected chi connectivity index (χ4v) is 3.87. The maximum Gasteiger partial charge on any atom is 0.140 e. The second-order valence-electron chi connectivity index (χ2n) is 5.40. The average Bonchev–Trinajstić information content (AvgIpc) is 2.77. The Kier molecular flexibility index (Phi) is 4.49. The van der Waals surface area contributed by atoms with Crippen LogP contribution in [0.2, 0.25) is 0 Å². The van der Waals surface area contributed by atoms with Gasteiger partial charge in [-0.15, -0.1) is 0 Å². The molecule has 18 heavy (non-hydrogen) atoms. The Bertz CT molecular complexity index is 388. The molecule has 1 aromatic heterocycles. The molecule has 0 spiro atoms. The lowest BCUT2D eigenvalue weighted by Gasteiger charge is -2.14. The van der Waals surface area contributed by atoms with Crippen molar-refractivity contribution in [2.45, 2.75) is 63.4 Å². The molecule has 4 heteroatoms. The molecule has 3 nitrogen and oxygen atoms in total. The first-order valence-corrected chi connectivity index (χ1v) is 7.87. The van der Waals surface area contributed by atoms with Crippen LogP contribution in [-0.4, -0.2) is 15.2 Å². The summed E-state index contributed by atoms with van der Waals surface area (Å²) in [5.41, 5.74) is 8.19. The molecule has 1 aromatic rings. The molecule has 1 aliphatic rings. The van der Waals surface area contributed by atoms with E-state index in [1.165, 1.54) is 25.7 Å². The Morgan fingerprint density at radius 2 is 1.94 bits per heavy atom. The van der Waals surface area contributed by atoms with Gasteiger partial charge in [0.15, 0.2) is 0 Å². The minimum atomic E-state index is 0.390. The van der Waals surface area contributed by atoms with Crippen molar-refractivity contribution in [3.8, 4) is 0 Å². The molecule has 0 bridgehead atoms. The minimum absolute atomic E-state index is 0.390. The zero-order valence-corrected chi connectivity index (χ0v) is 12.4. The lowest BCUT2D eigenvalue weighted by molar-refractivity contribution is 0.822. The third kappa shape index (κ3) is 3.16. The standard InChI is InChI=1S/C14H23N3S/c1-9(2)13-10(3)16-12(17-14(13)15)8-18-11-6-4-5-7-11/h9,11H,4-8H2,1-3H3,(H2,15,16,17). The van der Waals surface area contributed by atoms with Gasteiger partial charge in [-0.25, -0.2) is 9.97 Å². The highest BCUT2D eigenvalue weighted by atomic mass is 32.2. The van der Waals surface area contributed by atoms with Crippen LogP contribution in [0.3, 0.4) is 0 Å². The van der Waals surface area contributed by atoms with Gasteiger partial charge in [-0.1, -0.05) is 26.7 Å². The average molecular weight is 265 g/mol. The molecule has 0 atom stereocenters. The van der Waals surface area contributed by atoms with Crippen LogP contribution in [0.15, 0.2) is 0 Å². The third-order valence-corrected chi connectivity index (χ3v) is 4.91. The van der Waals surface area contributed by atoms with Gasteiger partial charge in [0, 0.05) is 16.5 Å². The Balaban J connectivity index is 2.05. The monoisotopic (exact) mass is 265 g/mol. The van der Waals surface area contributed by atoms with Gasteiger partial charge in [-0.05, 0) is 25.7 Å². The molecule has 1 heterocycles. The maximum absolute atomic E-state index is 6.05. The van der Waals surface area contributed by atoms with E-state index in [0.717, 1.165) is 28.1 Å². The van der Waals surface area contributed by atoms with E-state index in [4.69, 9.17) is 5.73 Å². The normalized spacial score (nSPS) is 16.7. The summed E-state index contributed by atoms with van der Waals surface area (Å²) in [6, 6.07) is 0. The predicted octanol–water partition coefficient (Wildman–Crippen LogP) is 3.67. The summed E-state index contributed by atoms with van der Waals surface area (Å²) >= 11 is 1.99.